The highest BCUT2D eigenvalue weighted by Crippen LogP contribution is 2.23. The number of nitrogens with one attached hydrogen (secondary N) is 1. The standard InChI is InChI=1S/C13H10BrN3O5S/c14-10-2-4-11(5-3-10)23(21,22)16-15-8-9-1-6-13(18)12(7-9)17(19)20/h1-8,16,18H/p-1/b15-8-. The van der Waals surface area contributed by atoms with Gasteiger partial charge in [-0.2, -0.15) is 13.5 Å². The van der Waals surface area contributed by atoms with Gasteiger partial charge >= 0.3 is 0 Å². The van der Waals surface area contributed by atoms with Crippen molar-refractivity contribution in [1.82, 2.24) is 4.83 Å². The molecule has 0 fully saturated rings. The summed E-state index contributed by atoms with van der Waals surface area (Å²) in [6.07, 6.45) is 1.07. The second-order valence-electron chi connectivity index (χ2n) is 4.29. The third-order valence-corrected chi connectivity index (χ3v) is 4.46. The molecule has 120 valence electrons. The summed E-state index contributed by atoms with van der Waals surface area (Å²) in [5, 5.41) is 25.5. The van der Waals surface area contributed by atoms with E-state index in [1.807, 2.05) is 4.83 Å². The predicted octanol–water partition coefficient (Wildman–Crippen LogP) is 1.74. The highest BCUT2D eigenvalue weighted by Gasteiger charge is 2.12. The lowest BCUT2D eigenvalue weighted by Gasteiger charge is -2.06. The first-order valence-electron chi connectivity index (χ1n) is 6.05. The van der Waals surface area contributed by atoms with Gasteiger partial charge in [0.15, 0.2) is 0 Å². The fourth-order valence-electron chi connectivity index (χ4n) is 1.59. The van der Waals surface area contributed by atoms with Gasteiger partial charge in [0.1, 0.15) is 0 Å². The molecule has 0 unspecified atom stereocenters. The average molecular weight is 399 g/mol. The third kappa shape index (κ3) is 4.27. The van der Waals surface area contributed by atoms with Crippen molar-refractivity contribution in [2.45, 2.75) is 4.90 Å². The van der Waals surface area contributed by atoms with Gasteiger partial charge in [-0.25, -0.2) is 4.83 Å². The first-order valence-corrected chi connectivity index (χ1v) is 8.33. The van der Waals surface area contributed by atoms with Crippen molar-refractivity contribution >= 4 is 37.9 Å². The average Bonchev–Trinajstić information content (AvgIpc) is 2.49. The van der Waals surface area contributed by atoms with E-state index in [4.69, 9.17) is 0 Å². The van der Waals surface area contributed by atoms with Crippen LogP contribution in [-0.2, 0) is 10.0 Å². The minimum Gasteiger partial charge on any atom is -0.868 e. The number of nitro groups is 1. The second-order valence-corrected chi connectivity index (χ2v) is 6.87. The van der Waals surface area contributed by atoms with Crippen LogP contribution in [0.2, 0.25) is 0 Å². The summed E-state index contributed by atoms with van der Waals surface area (Å²) < 4.78 is 24.7. The van der Waals surface area contributed by atoms with Crippen LogP contribution in [0.25, 0.3) is 0 Å². The van der Waals surface area contributed by atoms with E-state index in [1.54, 1.807) is 12.1 Å². The Hall–Kier alpha value is -2.46. The first-order chi connectivity index (χ1) is 10.8. The molecule has 23 heavy (non-hydrogen) atoms. The van der Waals surface area contributed by atoms with E-state index in [-0.39, 0.29) is 10.5 Å². The molecule has 1 N–H and O–H groups in total. The summed E-state index contributed by atoms with van der Waals surface area (Å²) in [4.78, 5) is 11.8. The maximum absolute atomic E-state index is 12.0. The molecule has 0 atom stereocenters. The van der Waals surface area contributed by atoms with Crippen LogP contribution in [0.1, 0.15) is 5.56 Å². The highest BCUT2D eigenvalue weighted by atomic mass is 79.9. The SMILES string of the molecule is O=[N+]([O-])c1cc(/C=N\NS(=O)(=O)c2ccc(Br)cc2)ccc1[O-]. The Bertz CT molecular complexity index is 866. The third-order valence-electron chi connectivity index (χ3n) is 2.69. The zero-order chi connectivity index (χ0) is 17.0. The van der Waals surface area contributed by atoms with Crippen LogP contribution in [-0.4, -0.2) is 19.6 Å². The number of benzene rings is 2. The molecule has 2 aromatic rings. The van der Waals surface area contributed by atoms with Crippen LogP contribution in [0.3, 0.4) is 0 Å². The number of halogens is 1. The topological polar surface area (TPSA) is 125 Å². The van der Waals surface area contributed by atoms with Gasteiger partial charge < -0.3 is 5.11 Å². The normalized spacial score (nSPS) is 11.5. The van der Waals surface area contributed by atoms with Gasteiger partial charge in [-0.15, -0.1) is 0 Å². The van der Waals surface area contributed by atoms with Crippen LogP contribution in [0.5, 0.6) is 5.75 Å². The van der Waals surface area contributed by atoms with Crippen molar-refractivity contribution in [2.75, 3.05) is 0 Å². The van der Waals surface area contributed by atoms with Crippen LogP contribution in [0.4, 0.5) is 5.69 Å². The number of hydrogen-bond donors (Lipinski definition) is 1. The van der Waals surface area contributed by atoms with E-state index in [0.717, 1.165) is 22.8 Å². The maximum atomic E-state index is 12.0. The van der Waals surface area contributed by atoms with Gasteiger partial charge in [-0.1, -0.05) is 28.1 Å². The van der Waals surface area contributed by atoms with Crippen LogP contribution < -0.4 is 9.94 Å². The predicted molar refractivity (Wildman–Crippen MR) is 84.6 cm³/mol. The summed E-state index contributed by atoms with van der Waals surface area (Å²) in [5.41, 5.74) is -0.389. The van der Waals surface area contributed by atoms with E-state index in [2.05, 4.69) is 21.0 Å². The lowest BCUT2D eigenvalue weighted by molar-refractivity contribution is -0.398. The molecule has 2 aromatic carbocycles. The van der Waals surface area contributed by atoms with Gasteiger partial charge in [0.05, 0.1) is 16.0 Å². The van der Waals surface area contributed by atoms with Gasteiger partial charge in [-0.05, 0) is 30.0 Å². The minimum absolute atomic E-state index is 0.0127. The van der Waals surface area contributed by atoms with Crippen LogP contribution in [0, 0.1) is 10.1 Å². The first kappa shape index (κ1) is 16.9. The zero-order valence-electron chi connectivity index (χ0n) is 11.3. The molecular weight excluding hydrogens is 390 g/mol. The Morgan fingerprint density at radius 2 is 1.83 bits per heavy atom. The Labute approximate surface area is 139 Å². The summed E-state index contributed by atoms with van der Waals surface area (Å²) in [5.74, 6) is -0.734. The highest BCUT2D eigenvalue weighted by molar-refractivity contribution is 9.10. The van der Waals surface area contributed by atoms with Crippen molar-refractivity contribution in [3.8, 4) is 5.75 Å². The number of nitrogens with zero attached hydrogens (tertiary/aromatic N) is 2. The molecule has 0 saturated carbocycles. The molecule has 10 heteroatoms. The number of sulfonamides is 1. The molecule has 8 nitrogen and oxygen atoms in total. The van der Waals surface area contributed by atoms with Crippen molar-refractivity contribution in [1.29, 1.82) is 0 Å². The van der Waals surface area contributed by atoms with Crippen molar-refractivity contribution in [3.05, 3.63) is 62.6 Å². The fourth-order valence-corrected chi connectivity index (χ4v) is 2.65. The molecule has 0 aliphatic carbocycles. The monoisotopic (exact) mass is 398 g/mol. The van der Waals surface area contributed by atoms with E-state index in [9.17, 15) is 23.6 Å². The number of rotatable bonds is 5. The quantitative estimate of drug-likeness (QED) is 0.466. The minimum atomic E-state index is -3.85. The molecule has 0 radical (unpaired) electrons. The molecule has 0 aromatic heterocycles. The van der Waals surface area contributed by atoms with E-state index >= 15 is 0 Å². The van der Waals surface area contributed by atoms with Gasteiger partial charge in [0.2, 0.25) is 0 Å². The van der Waals surface area contributed by atoms with E-state index in [1.165, 1.54) is 18.2 Å². The Balaban J connectivity index is 2.17. The Kier molecular flexibility index (Phi) is 4.96. The summed E-state index contributed by atoms with van der Waals surface area (Å²) >= 11 is 3.19. The van der Waals surface area contributed by atoms with E-state index in [0.29, 0.717) is 0 Å². The molecule has 0 bridgehead atoms. The molecule has 0 aliphatic heterocycles. The van der Waals surface area contributed by atoms with E-state index < -0.39 is 26.4 Å². The van der Waals surface area contributed by atoms with Crippen LogP contribution >= 0.6 is 15.9 Å². The van der Waals surface area contributed by atoms with Crippen molar-refractivity contribution in [3.63, 3.8) is 0 Å². The molecular formula is C13H9BrN3O5S-. The molecule has 0 amide bonds. The molecule has 0 heterocycles. The molecule has 0 aliphatic rings. The summed E-state index contributed by atoms with van der Waals surface area (Å²) in [6.45, 7) is 0. The lowest BCUT2D eigenvalue weighted by Crippen LogP contribution is -2.18. The number of nitro benzene ring substituents is 1. The van der Waals surface area contributed by atoms with Gasteiger partial charge in [0, 0.05) is 16.1 Å². The smallest absolute Gasteiger partial charge is 0.276 e. The van der Waals surface area contributed by atoms with Crippen LogP contribution in [0.15, 0.2) is 56.9 Å². The second kappa shape index (κ2) is 6.75. The Morgan fingerprint density at radius 1 is 1.17 bits per heavy atom. The van der Waals surface area contributed by atoms with Gasteiger partial charge in [0.25, 0.3) is 15.7 Å². The number of hydrogen-bond acceptors (Lipinski definition) is 6. The number of hydrazone groups is 1. The molecule has 2 rings (SSSR count). The summed E-state index contributed by atoms with van der Waals surface area (Å²) in [7, 11) is -3.85. The molecule has 0 spiro atoms. The van der Waals surface area contributed by atoms with Crippen molar-refractivity contribution in [2.24, 2.45) is 5.10 Å². The van der Waals surface area contributed by atoms with Crippen molar-refractivity contribution < 1.29 is 18.4 Å². The largest absolute Gasteiger partial charge is 0.868 e. The summed E-state index contributed by atoms with van der Waals surface area (Å²) in [6, 6.07) is 9.23. The fraction of sp³-hybridized carbons (Fsp3) is 0. The van der Waals surface area contributed by atoms with Gasteiger partial charge in [-0.3, -0.25) is 10.1 Å². The Morgan fingerprint density at radius 3 is 2.43 bits per heavy atom. The maximum Gasteiger partial charge on any atom is 0.276 e. The molecule has 0 saturated heterocycles. The lowest BCUT2D eigenvalue weighted by atomic mass is 10.2. The zero-order valence-corrected chi connectivity index (χ0v) is 13.7.